The van der Waals surface area contributed by atoms with Crippen molar-refractivity contribution in [1.29, 1.82) is 0 Å². The van der Waals surface area contributed by atoms with Crippen LogP contribution >= 0.6 is 0 Å². The van der Waals surface area contributed by atoms with E-state index >= 15 is 0 Å². The van der Waals surface area contributed by atoms with Crippen LogP contribution in [-0.4, -0.2) is 23.2 Å². The van der Waals surface area contributed by atoms with Crippen LogP contribution in [0.5, 0.6) is 0 Å². The molecule has 110 valence electrons. The fourth-order valence-electron chi connectivity index (χ4n) is 3.36. The Morgan fingerprint density at radius 1 is 1.26 bits per heavy atom. The highest BCUT2D eigenvalue weighted by molar-refractivity contribution is 5.78. The molecule has 0 aliphatic heterocycles. The Bertz CT molecular complexity index is 291. The SMILES string of the molecule is CCCCC1CCC(C(=O)NCC2(O)CCC2)CC1. The Hall–Kier alpha value is -0.570. The van der Waals surface area contributed by atoms with Gasteiger partial charge in [0.1, 0.15) is 0 Å². The van der Waals surface area contributed by atoms with Gasteiger partial charge in [-0.1, -0.05) is 26.2 Å². The predicted molar refractivity (Wildman–Crippen MR) is 76.8 cm³/mol. The number of nitrogens with one attached hydrogen (secondary N) is 1. The van der Waals surface area contributed by atoms with E-state index in [9.17, 15) is 9.90 Å². The Labute approximate surface area is 117 Å². The summed E-state index contributed by atoms with van der Waals surface area (Å²) in [6, 6.07) is 0. The minimum absolute atomic E-state index is 0.175. The maximum atomic E-state index is 12.1. The summed E-state index contributed by atoms with van der Waals surface area (Å²) in [6.07, 6.45) is 11.2. The van der Waals surface area contributed by atoms with E-state index < -0.39 is 5.60 Å². The Balaban J connectivity index is 1.64. The highest BCUT2D eigenvalue weighted by Gasteiger charge is 2.35. The lowest BCUT2D eigenvalue weighted by atomic mass is 9.78. The van der Waals surface area contributed by atoms with Gasteiger partial charge in [0.2, 0.25) is 5.91 Å². The molecular formula is C16H29NO2. The minimum Gasteiger partial charge on any atom is -0.388 e. The van der Waals surface area contributed by atoms with Crippen molar-refractivity contribution in [2.24, 2.45) is 11.8 Å². The minimum atomic E-state index is -0.589. The molecule has 1 amide bonds. The van der Waals surface area contributed by atoms with Crippen LogP contribution in [0.25, 0.3) is 0 Å². The number of unbranched alkanes of at least 4 members (excludes halogenated alkanes) is 1. The average molecular weight is 267 g/mol. The van der Waals surface area contributed by atoms with Crippen molar-refractivity contribution in [3.63, 3.8) is 0 Å². The van der Waals surface area contributed by atoms with Gasteiger partial charge in [-0.05, 0) is 50.9 Å². The molecule has 2 saturated carbocycles. The summed E-state index contributed by atoms with van der Waals surface area (Å²) >= 11 is 0. The van der Waals surface area contributed by atoms with Crippen molar-refractivity contribution in [1.82, 2.24) is 5.32 Å². The summed E-state index contributed by atoms with van der Waals surface area (Å²) in [5, 5.41) is 12.9. The van der Waals surface area contributed by atoms with Crippen LogP contribution in [0, 0.1) is 11.8 Å². The van der Waals surface area contributed by atoms with E-state index in [2.05, 4.69) is 12.2 Å². The van der Waals surface area contributed by atoms with E-state index in [0.29, 0.717) is 6.54 Å². The van der Waals surface area contributed by atoms with Gasteiger partial charge >= 0.3 is 0 Å². The predicted octanol–water partition coefficient (Wildman–Crippen LogP) is 3.01. The maximum Gasteiger partial charge on any atom is 0.223 e. The molecule has 0 aromatic carbocycles. The molecule has 0 heterocycles. The highest BCUT2D eigenvalue weighted by atomic mass is 16.3. The van der Waals surface area contributed by atoms with Crippen molar-refractivity contribution in [3.05, 3.63) is 0 Å². The van der Waals surface area contributed by atoms with Crippen LogP contribution < -0.4 is 5.32 Å². The Morgan fingerprint density at radius 3 is 2.47 bits per heavy atom. The van der Waals surface area contributed by atoms with E-state index in [4.69, 9.17) is 0 Å². The molecule has 0 bridgehead atoms. The molecule has 0 unspecified atom stereocenters. The molecule has 0 atom stereocenters. The molecule has 2 rings (SSSR count). The summed E-state index contributed by atoms with van der Waals surface area (Å²) in [4.78, 5) is 12.1. The summed E-state index contributed by atoms with van der Waals surface area (Å²) in [7, 11) is 0. The van der Waals surface area contributed by atoms with Gasteiger partial charge in [0, 0.05) is 12.5 Å². The first-order valence-electron chi connectivity index (χ1n) is 8.13. The number of carbonyl (C=O) groups excluding carboxylic acids is 1. The van der Waals surface area contributed by atoms with E-state index in [0.717, 1.165) is 38.0 Å². The second kappa shape index (κ2) is 6.74. The third-order valence-electron chi connectivity index (χ3n) is 5.06. The third-order valence-corrected chi connectivity index (χ3v) is 5.06. The van der Waals surface area contributed by atoms with Crippen LogP contribution in [0.2, 0.25) is 0 Å². The van der Waals surface area contributed by atoms with Crippen LogP contribution in [0.1, 0.15) is 71.1 Å². The lowest BCUT2D eigenvalue weighted by molar-refractivity contribution is -0.128. The maximum absolute atomic E-state index is 12.1. The van der Waals surface area contributed by atoms with Crippen molar-refractivity contribution >= 4 is 5.91 Å². The molecule has 19 heavy (non-hydrogen) atoms. The Kier molecular flexibility index (Phi) is 5.26. The second-order valence-corrected chi connectivity index (χ2v) is 6.66. The summed E-state index contributed by atoms with van der Waals surface area (Å²) in [5.41, 5.74) is -0.589. The molecule has 3 nitrogen and oxygen atoms in total. The monoisotopic (exact) mass is 267 g/mol. The van der Waals surface area contributed by atoms with Crippen LogP contribution in [0.4, 0.5) is 0 Å². The standard InChI is InChI=1S/C16H29NO2/c1-2-3-5-13-6-8-14(9-7-13)15(18)17-12-16(19)10-4-11-16/h13-14,19H,2-12H2,1H3,(H,17,18). The van der Waals surface area contributed by atoms with Gasteiger partial charge in [-0.3, -0.25) is 4.79 Å². The number of carbonyl (C=O) groups is 1. The fourth-order valence-corrected chi connectivity index (χ4v) is 3.36. The molecule has 2 aliphatic carbocycles. The molecule has 0 spiro atoms. The third kappa shape index (κ3) is 4.20. The van der Waals surface area contributed by atoms with Gasteiger partial charge in [0.15, 0.2) is 0 Å². The smallest absolute Gasteiger partial charge is 0.223 e. The molecule has 0 radical (unpaired) electrons. The first-order valence-corrected chi connectivity index (χ1v) is 8.13. The quantitative estimate of drug-likeness (QED) is 0.777. The second-order valence-electron chi connectivity index (χ2n) is 6.66. The largest absolute Gasteiger partial charge is 0.388 e. The zero-order chi connectivity index (χ0) is 13.7. The van der Waals surface area contributed by atoms with Crippen LogP contribution in [0.3, 0.4) is 0 Å². The fraction of sp³-hybridized carbons (Fsp3) is 0.938. The molecule has 2 fully saturated rings. The van der Waals surface area contributed by atoms with Crippen molar-refractivity contribution in [2.45, 2.75) is 76.7 Å². The zero-order valence-electron chi connectivity index (χ0n) is 12.3. The van der Waals surface area contributed by atoms with Gasteiger partial charge in [-0.25, -0.2) is 0 Å². The first-order chi connectivity index (χ1) is 9.13. The van der Waals surface area contributed by atoms with E-state index in [-0.39, 0.29) is 11.8 Å². The number of hydrogen-bond donors (Lipinski definition) is 2. The van der Waals surface area contributed by atoms with Crippen LogP contribution in [0.15, 0.2) is 0 Å². The summed E-state index contributed by atoms with van der Waals surface area (Å²) in [5.74, 6) is 1.22. The van der Waals surface area contributed by atoms with Gasteiger partial charge in [0.05, 0.1) is 5.60 Å². The number of hydrogen-bond acceptors (Lipinski definition) is 2. The first kappa shape index (κ1) is 14.8. The van der Waals surface area contributed by atoms with Crippen LogP contribution in [-0.2, 0) is 4.79 Å². The number of amides is 1. The van der Waals surface area contributed by atoms with Gasteiger partial charge in [0.25, 0.3) is 0 Å². The van der Waals surface area contributed by atoms with Crippen molar-refractivity contribution < 1.29 is 9.90 Å². The van der Waals surface area contributed by atoms with E-state index in [1.54, 1.807) is 0 Å². The van der Waals surface area contributed by atoms with Gasteiger partial charge < -0.3 is 10.4 Å². The molecule has 3 heteroatoms. The lowest BCUT2D eigenvalue weighted by Gasteiger charge is -2.37. The molecule has 0 aromatic heterocycles. The van der Waals surface area contributed by atoms with E-state index in [1.807, 2.05) is 0 Å². The number of aliphatic hydroxyl groups is 1. The van der Waals surface area contributed by atoms with Gasteiger partial charge in [-0.15, -0.1) is 0 Å². The number of rotatable bonds is 6. The normalized spacial score (nSPS) is 29.6. The summed E-state index contributed by atoms with van der Waals surface area (Å²) < 4.78 is 0. The average Bonchev–Trinajstić information content (AvgIpc) is 2.41. The molecular weight excluding hydrogens is 238 g/mol. The lowest BCUT2D eigenvalue weighted by Crippen LogP contribution is -2.49. The van der Waals surface area contributed by atoms with Crippen molar-refractivity contribution in [2.75, 3.05) is 6.54 Å². The molecule has 2 N–H and O–H groups in total. The molecule has 0 aromatic rings. The Morgan fingerprint density at radius 2 is 1.95 bits per heavy atom. The summed E-state index contributed by atoms with van der Waals surface area (Å²) in [6.45, 7) is 2.70. The van der Waals surface area contributed by atoms with Crippen molar-refractivity contribution in [3.8, 4) is 0 Å². The molecule has 0 saturated heterocycles. The van der Waals surface area contributed by atoms with Gasteiger partial charge in [-0.2, -0.15) is 0 Å². The zero-order valence-corrected chi connectivity index (χ0v) is 12.3. The molecule has 2 aliphatic rings. The topological polar surface area (TPSA) is 49.3 Å². The highest BCUT2D eigenvalue weighted by Crippen LogP contribution is 2.33. The van der Waals surface area contributed by atoms with E-state index in [1.165, 1.54) is 32.1 Å².